The lowest BCUT2D eigenvalue weighted by Crippen LogP contribution is -2.31. The van der Waals surface area contributed by atoms with Gasteiger partial charge in [-0.25, -0.2) is 18.6 Å². The molecule has 1 atom stereocenters. The number of nitrogens with zero attached hydrogens (tertiary/aromatic N) is 1. The molecule has 0 amide bonds. The van der Waals surface area contributed by atoms with E-state index in [0.29, 0.717) is 0 Å². The molecule has 0 aliphatic carbocycles. The Morgan fingerprint density at radius 2 is 1.89 bits per heavy atom. The van der Waals surface area contributed by atoms with Gasteiger partial charge in [0.15, 0.2) is 0 Å². The fourth-order valence-corrected chi connectivity index (χ4v) is 1.89. The lowest BCUT2D eigenvalue weighted by Gasteiger charge is -2.19. The van der Waals surface area contributed by atoms with E-state index >= 15 is 0 Å². The van der Waals surface area contributed by atoms with Crippen molar-refractivity contribution >= 4 is 0 Å². The third-order valence-corrected chi connectivity index (χ3v) is 2.89. The zero-order valence-corrected chi connectivity index (χ0v) is 10.1. The Labute approximate surface area is 108 Å². The molecular weight excluding hydrogens is 255 g/mol. The molecule has 0 fully saturated rings. The van der Waals surface area contributed by atoms with Crippen molar-refractivity contribution in [2.24, 2.45) is 5.84 Å². The highest BCUT2D eigenvalue weighted by Crippen LogP contribution is 2.29. The average molecular weight is 267 g/mol. The molecule has 0 saturated carbocycles. The van der Waals surface area contributed by atoms with E-state index in [9.17, 15) is 13.2 Å². The maximum Gasteiger partial charge on any atom is 0.146 e. The molecule has 0 bridgehead atoms. The first-order valence-electron chi connectivity index (χ1n) is 5.56. The third kappa shape index (κ3) is 2.45. The molecule has 2 aromatic rings. The standard InChI is InChI=1S/C13H12F3N3/c1-7-2-3-9(14)11(12(7)16)13(19-17)8-4-5-18-6-10(8)15/h2-6,13,19H,17H2,1H3. The Kier molecular flexibility index (Phi) is 3.82. The first-order valence-corrected chi connectivity index (χ1v) is 5.56. The molecule has 0 saturated heterocycles. The molecule has 100 valence electrons. The van der Waals surface area contributed by atoms with Gasteiger partial charge < -0.3 is 0 Å². The average Bonchev–Trinajstić information content (AvgIpc) is 2.40. The molecule has 3 nitrogen and oxygen atoms in total. The van der Waals surface area contributed by atoms with Crippen LogP contribution in [0.4, 0.5) is 13.2 Å². The van der Waals surface area contributed by atoms with Crippen LogP contribution in [-0.2, 0) is 0 Å². The van der Waals surface area contributed by atoms with E-state index in [0.717, 1.165) is 12.3 Å². The van der Waals surface area contributed by atoms with Gasteiger partial charge >= 0.3 is 0 Å². The van der Waals surface area contributed by atoms with E-state index in [1.807, 2.05) is 0 Å². The number of hydrogen-bond acceptors (Lipinski definition) is 3. The Bertz CT molecular complexity index is 602. The summed E-state index contributed by atoms with van der Waals surface area (Å²) in [4.78, 5) is 3.59. The lowest BCUT2D eigenvalue weighted by molar-refractivity contribution is 0.491. The van der Waals surface area contributed by atoms with Gasteiger partial charge in [-0.05, 0) is 24.6 Å². The van der Waals surface area contributed by atoms with Gasteiger partial charge in [-0.1, -0.05) is 6.07 Å². The van der Waals surface area contributed by atoms with Gasteiger partial charge in [0.1, 0.15) is 17.5 Å². The number of aromatic nitrogens is 1. The fourth-order valence-electron chi connectivity index (χ4n) is 1.89. The smallest absolute Gasteiger partial charge is 0.146 e. The van der Waals surface area contributed by atoms with Crippen LogP contribution in [0.15, 0.2) is 30.6 Å². The largest absolute Gasteiger partial charge is 0.271 e. The van der Waals surface area contributed by atoms with Crippen molar-refractivity contribution in [2.75, 3.05) is 0 Å². The van der Waals surface area contributed by atoms with Crippen LogP contribution >= 0.6 is 0 Å². The lowest BCUT2D eigenvalue weighted by atomic mass is 9.97. The monoisotopic (exact) mass is 267 g/mol. The molecule has 2 rings (SSSR count). The van der Waals surface area contributed by atoms with Crippen LogP contribution in [0.25, 0.3) is 0 Å². The van der Waals surface area contributed by atoms with E-state index in [4.69, 9.17) is 5.84 Å². The van der Waals surface area contributed by atoms with Crippen LogP contribution < -0.4 is 11.3 Å². The third-order valence-electron chi connectivity index (χ3n) is 2.89. The number of rotatable bonds is 3. The van der Waals surface area contributed by atoms with Crippen LogP contribution in [0.5, 0.6) is 0 Å². The van der Waals surface area contributed by atoms with E-state index in [-0.39, 0.29) is 16.7 Å². The van der Waals surface area contributed by atoms with E-state index in [1.165, 1.54) is 25.3 Å². The Balaban J connectivity index is 2.61. The minimum atomic E-state index is -1.12. The summed E-state index contributed by atoms with van der Waals surface area (Å²) in [7, 11) is 0. The number of hydrazine groups is 1. The Morgan fingerprint density at radius 1 is 1.16 bits per heavy atom. The molecule has 0 spiro atoms. The van der Waals surface area contributed by atoms with Crippen molar-refractivity contribution in [3.05, 3.63) is 64.7 Å². The molecule has 1 unspecified atom stereocenters. The summed E-state index contributed by atoms with van der Waals surface area (Å²) in [5.74, 6) is 3.09. The highest BCUT2D eigenvalue weighted by atomic mass is 19.1. The van der Waals surface area contributed by atoms with Gasteiger partial charge in [0.2, 0.25) is 0 Å². The van der Waals surface area contributed by atoms with Crippen LogP contribution in [-0.4, -0.2) is 4.98 Å². The SMILES string of the molecule is Cc1ccc(F)c(C(NN)c2ccncc2F)c1F. The number of pyridine rings is 1. The van der Waals surface area contributed by atoms with Gasteiger partial charge in [-0.3, -0.25) is 10.8 Å². The number of hydrogen-bond donors (Lipinski definition) is 2. The molecule has 0 radical (unpaired) electrons. The van der Waals surface area contributed by atoms with Crippen LogP contribution in [0.3, 0.4) is 0 Å². The molecule has 19 heavy (non-hydrogen) atoms. The quantitative estimate of drug-likeness (QED) is 0.663. The Morgan fingerprint density at radius 3 is 2.53 bits per heavy atom. The Hall–Kier alpha value is -1.92. The predicted molar refractivity (Wildman–Crippen MR) is 64.5 cm³/mol. The minimum absolute atomic E-state index is 0.0286. The highest BCUT2D eigenvalue weighted by Gasteiger charge is 2.24. The zero-order chi connectivity index (χ0) is 14.0. The topological polar surface area (TPSA) is 50.9 Å². The van der Waals surface area contributed by atoms with Crippen LogP contribution in [0, 0.1) is 24.4 Å². The summed E-state index contributed by atoms with van der Waals surface area (Å²) >= 11 is 0. The molecule has 0 aliphatic rings. The second-order valence-electron chi connectivity index (χ2n) is 4.09. The van der Waals surface area contributed by atoms with Gasteiger partial charge in [-0.15, -0.1) is 0 Å². The second kappa shape index (κ2) is 5.38. The number of aryl methyl sites for hydroxylation is 1. The number of nitrogens with two attached hydrogens (primary N) is 1. The van der Waals surface area contributed by atoms with E-state index in [2.05, 4.69) is 10.4 Å². The van der Waals surface area contributed by atoms with E-state index in [1.54, 1.807) is 0 Å². The molecule has 0 aliphatic heterocycles. The summed E-state index contributed by atoms with van der Waals surface area (Å²) in [6.07, 6.45) is 2.29. The number of benzene rings is 1. The van der Waals surface area contributed by atoms with Gasteiger partial charge in [-0.2, -0.15) is 0 Å². The molecule has 1 aromatic carbocycles. The maximum absolute atomic E-state index is 14.0. The number of nitrogens with one attached hydrogen (secondary N) is 1. The van der Waals surface area contributed by atoms with E-state index < -0.39 is 23.5 Å². The summed E-state index contributed by atoms with van der Waals surface area (Å²) in [5, 5.41) is 0. The first kappa shape index (κ1) is 13.5. The van der Waals surface area contributed by atoms with Gasteiger partial charge in [0, 0.05) is 17.3 Å². The summed E-state index contributed by atoms with van der Waals surface area (Å²) in [6.45, 7) is 1.49. The molecule has 6 heteroatoms. The van der Waals surface area contributed by atoms with Crippen molar-refractivity contribution in [3.8, 4) is 0 Å². The molecular formula is C13H12F3N3. The van der Waals surface area contributed by atoms with Crippen molar-refractivity contribution in [1.82, 2.24) is 10.4 Å². The van der Waals surface area contributed by atoms with Crippen molar-refractivity contribution in [2.45, 2.75) is 13.0 Å². The molecule has 1 aromatic heterocycles. The number of halogens is 3. The predicted octanol–water partition coefficient (Wildman–Crippen LogP) is 2.36. The van der Waals surface area contributed by atoms with Crippen LogP contribution in [0.1, 0.15) is 22.7 Å². The van der Waals surface area contributed by atoms with Crippen molar-refractivity contribution in [1.29, 1.82) is 0 Å². The first-order chi connectivity index (χ1) is 9.06. The second-order valence-corrected chi connectivity index (χ2v) is 4.09. The van der Waals surface area contributed by atoms with Gasteiger partial charge in [0.25, 0.3) is 0 Å². The highest BCUT2D eigenvalue weighted by molar-refractivity contribution is 5.36. The minimum Gasteiger partial charge on any atom is -0.271 e. The van der Waals surface area contributed by atoms with Crippen LogP contribution in [0.2, 0.25) is 0 Å². The van der Waals surface area contributed by atoms with Gasteiger partial charge in [0.05, 0.1) is 12.2 Å². The zero-order valence-electron chi connectivity index (χ0n) is 10.1. The molecule has 1 heterocycles. The van der Waals surface area contributed by atoms with Crippen molar-refractivity contribution < 1.29 is 13.2 Å². The fraction of sp³-hybridized carbons (Fsp3) is 0.154. The summed E-state index contributed by atoms with van der Waals surface area (Å²) in [6, 6.07) is 2.63. The normalized spacial score (nSPS) is 12.5. The van der Waals surface area contributed by atoms with Crippen molar-refractivity contribution in [3.63, 3.8) is 0 Å². The summed E-state index contributed by atoms with van der Waals surface area (Å²) in [5.41, 5.74) is 2.21. The molecule has 3 N–H and O–H groups in total. The summed E-state index contributed by atoms with van der Waals surface area (Å²) < 4.78 is 41.5. The maximum atomic E-state index is 14.0.